The Kier molecular flexibility index (Phi) is 6.54. The molecule has 0 saturated carbocycles. The molecule has 0 aliphatic heterocycles. The Hall–Kier alpha value is -0.570. The average molecular weight is 200 g/mol. The van der Waals surface area contributed by atoms with Gasteiger partial charge in [-0.05, 0) is 26.8 Å². The SMILES string of the molecule is CCN(CC)C(=O)C(CNC)C(C)C. The van der Waals surface area contributed by atoms with Gasteiger partial charge >= 0.3 is 0 Å². The van der Waals surface area contributed by atoms with Crippen LogP contribution in [0.25, 0.3) is 0 Å². The molecule has 1 atom stereocenters. The maximum absolute atomic E-state index is 12.0. The molecule has 0 heterocycles. The van der Waals surface area contributed by atoms with Crippen LogP contribution in [0.1, 0.15) is 27.7 Å². The first-order valence-electron chi connectivity index (χ1n) is 5.51. The summed E-state index contributed by atoms with van der Waals surface area (Å²) in [6, 6.07) is 0. The van der Waals surface area contributed by atoms with Crippen LogP contribution in [0.15, 0.2) is 0 Å². The predicted molar refractivity (Wildman–Crippen MR) is 60.2 cm³/mol. The topological polar surface area (TPSA) is 32.3 Å². The van der Waals surface area contributed by atoms with Gasteiger partial charge < -0.3 is 10.2 Å². The standard InChI is InChI=1S/C11H24N2O/c1-6-13(7-2)11(14)10(8-12-5)9(3)4/h9-10,12H,6-8H2,1-5H3. The highest BCUT2D eigenvalue weighted by Gasteiger charge is 2.24. The van der Waals surface area contributed by atoms with Crippen LogP contribution in [-0.4, -0.2) is 37.5 Å². The molecule has 0 spiro atoms. The lowest BCUT2D eigenvalue weighted by Crippen LogP contribution is -2.41. The van der Waals surface area contributed by atoms with Crippen molar-refractivity contribution in [3.8, 4) is 0 Å². The molecular weight excluding hydrogens is 176 g/mol. The van der Waals surface area contributed by atoms with Gasteiger partial charge in [-0.15, -0.1) is 0 Å². The van der Waals surface area contributed by atoms with Crippen molar-refractivity contribution >= 4 is 5.91 Å². The highest BCUT2D eigenvalue weighted by atomic mass is 16.2. The van der Waals surface area contributed by atoms with E-state index in [-0.39, 0.29) is 11.8 Å². The Balaban J connectivity index is 4.40. The first-order chi connectivity index (χ1) is 6.58. The van der Waals surface area contributed by atoms with Crippen LogP contribution in [0, 0.1) is 11.8 Å². The molecule has 84 valence electrons. The molecule has 3 nitrogen and oxygen atoms in total. The maximum Gasteiger partial charge on any atom is 0.227 e. The van der Waals surface area contributed by atoms with Crippen LogP contribution in [-0.2, 0) is 4.79 Å². The minimum absolute atomic E-state index is 0.111. The molecule has 0 rings (SSSR count). The Bertz CT molecular complexity index is 165. The monoisotopic (exact) mass is 200 g/mol. The summed E-state index contributed by atoms with van der Waals surface area (Å²) >= 11 is 0. The van der Waals surface area contributed by atoms with E-state index in [2.05, 4.69) is 19.2 Å². The van der Waals surface area contributed by atoms with Crippen LogP contribution in [0.3, 0.4) is 0 Å². The zero-order chi connectivity index (χ0) is 11.1. The minimum atomic E-state index is 0.111. The summed E-state index contributed by atoms with van der Waals surface area (Å²) in [6.45, 7) is 10.6. The van der Waals surface area contributed by atoms with E-state index in [1.807, 2.05) is 25.8 Å². The van der Waals surface area contributed by atoms with Crippen molar-refractivity contribution in [2.75, 3.05) is 26.7 Å². The number of amides is 1. The summed E-state index contributed by atoms with van der Waals surface area (Å²) in [5.74, 6) is 0.787. The molecule has 0 saturated heterocycles. The number of hydrogen-bond donors (Lipinski definition) is 1. The van der Waals surface area contributed by atoms with Gasteiger partial charge in [-0.25, -0.2) is 0 Å². The Labute approximate surface area is 87.9 Å². The molecular formula is C11H24N2O. The molecule has 14 heavy (non-hydrogen) atoms. The fraction of sp³-hybridized carbons (Fsp3) is 0.909. The molecule has 0 aromatic carbocycles. The Morgan fingerprint density at radius 3 is 2.07 bits per heavy atom. The summed E-state index contributed by atoms with van der Waals surface area (Å²) in [7, 11) is 1.89. The van der Waals surface area contributed by atoms with Crippen molar-refractivity contribution in [1.29, 1.82) is 0 Å². The number of carbonyl (C=O) groups excluding carboxylic acids is 1. The minimum Gasteiger partial charge on any atom is -0.343 e. The van der Waals surface area contributed by atoms with E-state index < -0.39 is 0 Å². The molecule has 0 fully saturated rings. The van der Waals surface area contributed by atoms with Gasteiger partial charge in [-0.3, -0.25) is 4.79 Å². The second-order valence-electron chi connectivity index (χ2n) is 3.92. The van der Waals surface area contributed by atoms with Gasteiger partial charge in [-0.1, -0.05) is 13.8 Å². The number of nitrogens with one attached hydrogen (secondary N) is 1. The van der Waals surface area contributed by atoms with Crippen molar-refractivity contribution < 1.29 is 4.79 Å². The van der Waals surface area contributed by atoms with Crippen molar-refractivity contribution in [2.45, 2.75) is 27.7 Å². The van der Waals surface area contributed by atoms with Crippen molar-refractivity contribution in [2.24, 2.45) is 11.8 Å². The van der Waals surface area contributed by atoms with Gasteiger partial charge in [0.1, 0.15) is 0 Å². The number of rotatable bonds is 6. The van der Waals surface area contributed by atoms with Gasteiger partial charge in [0.2, 0.25) is 5.91 Å². The van der Waals surface area contributed by atoms with Crippen LogP contribution in [0.4, 0.5) is 0 Å². The van der Waals surface area contributed by atoms with E-state index >= 15 is 0 Å². The fourth-order valence-corrected chi connectivity index (χ4v) is 1.60. The maximum atomic E-state index is 12.0. The smallest absolute Gasteiger partial charge is 0.227 e. The highest BCUT2D eigenvalue weighted by molar-refractivity contribution is 5.79. The van der Waals surface area contributed by atoms with E-state index in [4.69, 9.17) is 0 Å². The molecule has 1 unspecified atom stereocenters. The predicted octanol–water partition coefficient (Wildman–Crippen LogP) is 1.35. The van der Waals surface area contributed by atoms with Crippen LogP contribution >= 0.6 is 0 Å². The molecule has 1 amide bonds. The molecule has 0 radical (unpaired) electrons. The van der Waals surface area contributed by atoms with E-state index in [0.717, 1.165) is 19.6 Å². The van der Waals surface area contributed by atoms with Crippen LogP contribution in [0.5, 0.6) is 0 Å². The second-order valence-corrected chi connectivity index (χ2v) is 3.92. The first kappa shape index (κ1) is 13.4. The zero-order valence-electron chi connectivity index (χ0n) is 10.1. The molecule has 0 bridgehead atoms. The van der Waals surface area contributed by atoms with E-state index in [0.29, 0.717) is 5.92 Å². The largest absolute Gasteiger partial charge is 0.343 e. The Morgan fingerprint density at radius 1 is 1.29 bits per heavy atom. The third-order valence-corrected chi connectivity index (χ3v) is 2.62. The second kappa shape index (κ2) is 6.82. The van der Waals surface area contributed by atoms with Crippen LogP contribution < -0.4 is 5.32 Å². The zero-order valence-corrected chi connectivity index (χ0v) is 10.1. The van der Waals surface area contributed by atoms with E-state index in [9.17, 15) is 4.79 Å². The third kappa shape index (κ3) is 3.66. The summed E-state index contributed by atoms with van der Waals surface area (Å²) in [5, 5.41) is 3.09. The van der Waals surface area contributed by atoms with Gasteiger partial charge in [-0.2, -0.15) is 0 Å². The first-order valence-corrected chi connectivity index (χ1v) is 5.51. The quantitative estimate of drug-likeness (QED) is 0.702. The molecule has 0 aliphatic carbocycles. The summed E-state index contributed by atoms with van der Waals surface area (Å²) in [6.07, 6.45) is 0. The number of hydrogen-bond acceptors (Lipinski definition) is 2. The van der Waals surface area contributed by atoms with E-state index in [1.54, 1.807) is 0 Å². The summed E-state index contributed by atoms with van der Waals surface area (Å²) < 4.78 is 0. The van der Waals surface area contributed by atoms with Crippen LogP contribution in [0.2, 0.25) is 0 Å². The van der Waals surface area contributed by atoms with Crippen molar-refractivity contribution in [1.82, 2.24) is 10.2 Å². The fourth-order valence-electron chi connectivity index (χ4n) is 1.60. The lowest BCUT2D eigenvalue weighted by atomic mass is 9.94. The highest BCUT2D eigenvalue weighted by Crippen LogP contribution is 2.13. The van der Waals surface area contributed by atoms with Crippen molar-refractivity contribution in [3.63, 3.8) is 0 Å². The Morgan fingerprint density at radius 2 is 1.79 bits per heavy atom. The van der Waals surface area contributed by atoms with Gasteiger partial charge in [0.25, 0.3) is 0 Å². The molecule has 0 aromatic rings. The summed E-state index contributed by atoms with van der Waals surface area (Å²) in [4.78, 5) is 13.9. The molecule has 0 aromatic heterocycles. The van der Waals surface area contributed by atoms with Gasteiger partial charge in [0.15, 0.2) is 0 Å². The van der Waals surface area contributed by atoms with Gasteiger partial charge in [0, 0.05) is 19.6 Å². The average Bonchev–Trinajstić information content (AvgIpc) is 2.15. The van der Waals surface area contributed by atoms with Gasteiger partial charge in [0.05, 0.1) is 5.92 Å². The molecule has 3 heteroatoms. The van der Waals surface area contributed by atoms with Crippen molar-refractivity contribution in [3.05, 3.63) is 0 Å². The number of carbonyl (C=O) groups is 1. The normalized spacial score (nSPS) is 13.0. The molecule has 1 N–H and O–H groups in total. The lowest BCUT2D eigenvalue weighted by Gasteiger charge is -2.27. The summed E-state index contributed by atoms with van der Waals surface area (Å²) in [5.41, 5.74) is 0. The number of nitrogens with zero attached hydrogens (tertiary/aromatic N) is 1. The molecule has 0 aliphatic rings. The third-order valence-electron chi connectivity index (χ3n) is 2.62. The van der Waals surface area contributed by atoms with E-state index in [1.165, 1.54) is 0 Å². The lowest BCUT2D eigenvalue weighted by molar-refractivity contribution is -0.136.